The first-order chi connectivity index (χ1) is 8.34. The van der Waals surface area contributed by atoms with Crippen molar-refractivity contribution in [1.82, 2.24) is 10.2 Å². The Balaban J connectivity index is 1.87. The second kappa shape index (κ2) is 4.55. The van der Waals surface area contributed by atoms with Crippen LogP contribution in [0, 0.1) is 0 Å². The van der Waals surface area contributed by atoms with Crippen molar-refractivity contribution in [2.45, 2.75) is 6.04 Å². The predicted molar refractivity (Wildman–Crippen MR) is 65.7 cm³/mol. The summed E-state index contributed by atoms with van der Waals surface area (Å²) in [5, 5.41) is 3.43. The summed E-state index contributed by atoms with van der Waals surface area (Å²) in [6, 6.07) is 6.70. The van der Waals surface area contributed by atoms with Gasteiger partial charge in [-0.25, -0.2) is 0 Å². The number of hydrogen-bond acceptors (Lipinski definition) is 4. The SMILES string of the molecule is CN1CCNCC1c1ccc2c(c1)OCCO2. The third-order valence-corrected chi connectivity index (χ3v) is 3.46. The summed E-state index contributed by atoms with van der Waals surface area (Å²) in [4.78, 5) is 2.38. The smallest absolute Gasteiger partial charge is 0.161 e. The molecule has 1 aromatic carbocycles. The van der Waals surface area contributed by atoms with Crippen molar-refractivity contribution in [3.05, 3.63) is 23.8 Å². The van der Waals surface area contributed by atoms with E-state index in [1.807, 2.05) is 6.07 Å². The number of ether oxygens (including phenoxy) is 2. The molecule has 1 saturated heterocycles. The van der Waals surface area contributed by atoms with E-state index in [1.165, 1.54) is 5.56 Å². The highest BCUT2D eigenvalue weighted by Crippen LogP contribution is 2.33. The van der Waals surface area contributed by atoms with E-state index < -0.39 is 0 Å². The zero-order valence-electron chi connectivity index (χ0n) is 10.1. The van der Waals surface area contributed by atoms with Gasteiger partial charge in [0.1, 0.15) is 13.2 Å². The molecule has 0 spiro atoms. The van der Waals surface area contributed by atoms with Crippen molar-refractivity contribution in [2.24, 2.45) is 0 Å². The van der Waals surface area contributed by atoms with Crippen molar-refractivity contribution in [1.29, 1.82) is 0 Å². The van der Waals surface area contributed by atoms with Crippen LogP contribution in [0.25, 0.3) is 0 Å². The molecule has 92 valence electrons. The van der Waals surface area contributed by atoms with Crippen LogP contribution >= 0.6 is 0 Å². The first-order valence-electron chi connectivity index (χ1n) is 6.15. The number of nitrogens with zero attached hydrogens (tertiary/aromatic N) is 1. The molecule has 0 radical (unpaired) electrons. The minimum Gasteiger partial charge on any atom is -0.486 e. The maximum atomic E-state index is 5.63. The summed E-state index contributed by atoms with van der Waals surface area (Å²) in [7, 11) is 2.17. The molecule has 17 heavy (non-hydrogen) atoms. The molecular weight excluding hydrogens is 216 g/mol. The Hall–Kier alpha value is -1.26. The molecule has 4 heteroatoms. The van der Waals surface area contributed by atoms with E-state index in [9.17, 15) is 0 Å². The summed E-state index contributed by atoms with van der Waals surface area (Å²) in [6.45, 7) is 4.44. The molecule has 0 amide bonds. The van der Waals surface area contributed by atoms with E-state index in [4.69, 9.17) is 9.47 Å². The molecule has 0 aromatic heterocycles. The zero-order valence-corrected chi connectivity index (χ0v) is 10.1. The van der Waals surface area contributed by atoms with Crippen molar-refractivity contribution < 1.29 is 9.47 Å². The standard InChI is InChI=1S/C13H18N2O2/c1-15-5-4-14-9-11(15)10-2-3-12-13(8-10)17-7-6-16-12/h2-3,8,11,14H,4-7,9H2,1H3. The Morgan fingerprint density at radius 3 is 2.88 bits per heavy atom. The van der Waals surface area contributed by atoms with E-state index in [2.05, 4.69) is 29.4 Å². The summed E-state index contributed by atoms with van der Waals surface area (Å²) in [6.07, 6.45) is 0. The highest BCUT2D eigenvalue weighted by molar-refractivity contribution is 5.44. The molecule has 1 unspecified atom stereocenters. The van der Waals surface area contributed by atoms with Gasteiger partial charge in [0.15, 0.2) is 11.5 Å². The molecule has 0 saturated carbocycles. The fourth-order valence-electron chi connectivity index (χ4n) is 2.45. The highest BCUT2D eigenvalue weighted by atomic mass is 16.6. The molecule has 2 aliphatic heterocycles. The van der Waals surface area contributed by atoms with Crippen molar-refractivity contribution in [2.75, 3.05) is 39.9 Å². The van der Waals surface area contributed by atoms with E-state index in [-0.39, 0.29) is 0 Å². The van der Waals surface area contributed by atoms with Crippen molar-refractivity contribution in [3.8, 4) is 11.5 Å². The minimum absolute atomic E-state index is 0.430. The van der Waals surface area contributed by atoms with E-state index in [1.54, 1.807) is 0 Å². The molecule has 1 N–H and O–H groups in total. The normalized spacial score (nSPS) is 24.6. The maximum Gasteiger partial charge on any atom is 0.161 e. The zero-order chi connectivity index (χ0) is 11.7. The minimum atomic E-state index is 0.430. The van der Waals surface area contributed by atoms with Gasteiger partial charge in [0, 0.05) is 25.7 Å². The molecule has 2 heterocycles. The number of hydrogen-bond donors (Lipinski definition) is 1. The number of likely N-dealkylation sites (N-methyl/N-ethyl adjacent to an activating group) is 1. The number of benzene rings is 1. The highest BCUT2D eigenvalue weighted by Gasteiger charge is 2.22. The van der Waals surface area contributed by atoms with Crippen LogP contribution in [-0.2, 0) is 0 Å². The van der Waals surface area contributed by atoms with Gasteiger partial charge in [0.2, 0.25) is 0 Å². The van der Waals surface area contributed by atoms with Crippen molar-refractivity contribution in [3.63, 3.8) is 0 Å². The van der Waals surface area contributed by atoms with E-state index in [0.717, 1.165) is 31.1 Å². The Bertz CT molecular complexity index is 408. The summed E-state index contributed by atoms with van der Waals surface area (Å²) in [5.74, 6) is 1.75. The van der Waals surface area contributed by atoms with Gasteiger partial charge < -0.3 is 14.8 Å². The van der Waals surface area contributed by atoms with Gasteiger partial charge in [0.25, 0.3) is 0 Å². The third kappa shape index (κ3) is 2.10. The predicted octanol–water partition coefficient (Wildman–Crippen LogP) is 1.03. The van der Waals surface area contributed by atoms with Crippen LogP contribution in [0.1, 0.15) is 11.6 Å². The Labute approximate surface area is 102 Å². The van der Waals surface area contributed by atoms with Gasteiger partial charge in [-0.05, 0) is 24.7 Å². The second-order valence-corrected chi connectivity index (χ2v) is 4.60. The molecule has 0 aliphatic carbocycles. The molecular formula is C13H18N2O2. The number of rotatable bonds is 1. The quantitative estimate of drug-likeness (QED) is 0.787. The van der Waals surface area contributed by atoms with Crippen LogP contribution in [0.5, 0.6) is 11.5 Å². The number of fused-ring (bicyclic) bond motifs is 1. The van der Waals surface area contributed by atoms with Gasteiger partial charge >= 0.3 is 0 Å². The van der Waals surface area contributed by atoms with Gasteiger partial charge in [-0.15, -0.1) is 0 Å². The molecule has 1 aromatic rings. The monoisotopic (exact) mass is 234 g/mol. The van der Waals surface area contributed by atoms with Gasteiger partial charge in [-0.2, -0.15) is 0 Å². The maximum absolute atomic E-state index is 5.63. The largest absolute Gasteiger partial charge is 0.486 e. The fraction of sp³-hybridized carbons (Fsp3) is 0.538. The van der Waals surface area contributed by atoms with Crippen molar-refractivity contribution >= 4 is 0 Å². The molecule has 2 aliphatic rings. The van der Waals surface area contributed by atoms with Crippen LogP contribution in [0.3, 0.4) is 0 Å². The Morgan fingerprint density at radius 1 is 1.24 bits per heavy atom. The first-order valence-corrected chi connectivity index (χ1v) is 6.15. The summed E-state index contributed by atoms with van der Waals surface area (Å²) in [5.41, 5.74) is 1.30. The van der Waals surface area contributed by atoms with Gasteiger partial charge in [-0.1, -0.05) is 6.07 Å². The first kappa shape index (κ1) is 10.9. The molecule has 1 atom stereocenters. The number of piperazine rings is 1. The molecule has 0 bridgehead atoms. The lowest BCUT2D eigenvalue weighted by atomic mass is 10.0. The summed E-state index contributed by atoms with van der Waals surface area (Å²) < 4.78 is 11.2. The lowest BCUT2D eigenvalue weighted by Gasteiger charge is -2.33. The topological polar surface area (TPSA) is 33.7 Å². The second-order valence-electron chi connectivity index (χ2n) is 4.60. The van der Waals surface area contributed by atoms with Crippen LogP contribution in [-0.4, -0.2) is 44.8 Å². The van der Waals surface area contributed by atoms with E-state index >= 15 is 0 Å². The van der Waals surface area contributed by atoms with Crippen LogP contribution in [0.15, 0.2) is 18.2 Å². The summed E-state index contributed by atoms with van der Waals surface area (Å²) >= 11 is 0. The molecule has 3 rings (SSSR count). The van der Waals surface area contributed by atoms with Crippen LogP contribution < -0.4 is 14.8 Å². The lowest BCUT2D eigenvalue weighted by molar-refractivity contribution is 0.169. The average Bonchev–Trinajstić information content (AvgIpc) is 2.39. The lowest BCUT2D eigenvalue weighted by Crippen LogP contribution is -2.43. The van der Waals surface area contributed by atoms with Gasteiger partial charge in [-0.3, -0.25) is 4.90 Å². The Morgan fingerprint density at radius 2 is 2.06 bits per heavy atom. The molecule has 4 nitrogen and oxygen atoms in total. The van der Waals surface area contributed by atoms with Crippen LogP contribution in [0.2, 0.25) is 0 Å². The van der Waals surface area contributed by atoms with E-state index in [0.29, 0.717) is 19.3 Å². The molecule has 1 fully saturated rings. The third-order valence-electron chi connectivity index (χ3n) is 3.46. The Kier molecular flexibility index (Phi) is 2.91. The van der Waals surface area contributed by atoms with Crippen LogP contribution in [0.4, 0.5) is 0 Å². The fourth-order valence-corrected chi connectivity index (χ4v) is 2.45. The average molecular weight is 234 g/mol. The number of nitrogens with one attached hydrogen (secondary N) is 1. The van der Waals surface area contributed by atoms with Gasteiger partial charge in [0.05, 0.1) is 0 Å².